The Morgan fingerprint density at radius 1 is 1.00 bits per heavy atom. The van der Waals surface area contributed by atoms with E-state index in [1.807, 2.05) is 36.4 Å². The molecule has 150 valence electrons. The van der Waals surface area contributed by atoms with Gasteiger partial charge in [-0.1, -0.05) is 30.3 Å². The van der Waals surface area contributed by atoms with Gasteiger partial charge in [-0.15, -0.1) is 0 Å². The average molecular weight is 394 g/mol. The van der Waals surface area contributed by atoms with Crippen LogP contribution in [0.5, 0.6) is 0 Å². The molecule has 1 aromatic carbocycles. The Bertz CT molecular complexity index is 1120. The quantitative estimate of drug-likeness (QED) is 0.619. The van der Waals surface area contributed by atoms with Gasteiger partial charge in [-0.05, 0) is 18.1 Å². The molecular weight excluding hydrogens is 372 g/mol. The first kappa shape index (κ1) is 18.1. The normalized spacial score (nSPS) is 21.5. The fraction of sp³-hybridized carbons (Fsp3) is 0.381. The summed E-state index contributed by atoms with van der Waals surface area (Å²) in [5.41, 5.74) is 0.455. The Balaban J connectivity index is 1.38. The molecule has 2 aliphatic rings. The number of hydrogen-bond acceptors (Lipinski definition) is 6. The first-order valence-electron chi connectivity index (χ1n) is 9.74. The van der Waals surface area contributed by atoms with Crippen LogP contribution >= 0.6 is 0 Å². The molecule has 4 heterocycles. The van der Waals surface area contributed by atoms with Crippen LogP contribution in [0.3, 0.4) is 0 Å². The van der Waals surface area contributed by atoms with Crippen LogP contribution in [0.15, 0.2) is 62.9 Å². The van der Waals surface area contributed by atoms with Crippen LogP contribution in [-0.4, -0.2) is 37.9 Å². The monoisotopic (exact) mass is 394 g/mol. The lowest BCUT2D eigenvalue weighted by Gasteiger charge is -2.35. The zero-order valence-corrected chi connectivity index (χ0v) is 16.0. The molecule has 8 heteroatoms. The summed E-state index contributed by atoms with van der Waals surface area (Å²) in [5, 5.41) is 4.42. The van der Waals surface area contributed by atoms with Crippen molar-refractivity contribution in [3.8, 4) is 0 Å². The fourth-order valence-corrected chi connectivity index (χ4v) is 4.22. The van der Waals surface area contributed by atoms with Gasteiger partial charge in [0, 0.05) is 25.2 Å². The largest absolute Gasteiger partial charge is 0.472 e. The summed E-state index contributed by atoms with van der Waals surface area (Å²) in [6, 6.07) is 11.5. The number of ether oxygens (including phenoxy) is 1. The highest BCUT2D eigenvalue weighted by atomic mass is 16.5. The van der Waals surface area contributed by atoms with Gasteiger partial charge in [-0.25, -0.2) is 4.68 Å². The SMILES string of the molecule is O=c1c(=O)n2c(nn1Cc1ccccc1)CO[C@]1(CCN(Cc3ccoc3)C1)C2. The summed E-state index contributed by atoms with van der Waals surface area (Å²) < 4.78 is 14.1. The third-order valence-corrected chi connectivity index (χ3v) is 5.72. The van der Waals surface area contributed by atoms with Gasteiger partial charge in [0.25, 0.3) is 0 Å². The minimum Gasteiger partial charge on any atom is -0.472 e. The zero-order chi connectivity index (χ0) is 19.8. The van der Waals surface area contributed by atoms with Crippen molar-refractivity contribution < 1.29 is 9.15 Å². The van der Waals surface area contributed by atoms with E-state index >= 15 is 0 Å². The molecule has 5 rings (SSSR count). The highest BCUT2D eigenvalue weighted by Crippen LogP contribution is 2.31. The lowest BCUT2D eigenvalue weighted by molar-refractivity contribution is -0.0858. The van der Waals surface area contributed by atoms with Gasteiger partial charge < -0.3 is 9.15 Å². The predicted molar refractivity (Wildman–Crippen MR) is 104 cm³/mol. The predicted octanol–water partition coefficient (Wildman–Crippen LogP) is 1.22. The number of aromatic nitrogens is 3. The van der Waals surface area contributed by atoms with Gasteiger partial charge in [0.15, 0.2) is 5.82 Å². The van der Waals surface area contributed by atoms with Crippen molar-refractivity contribution in [2.24, 2.45) is 0 Å². The van der Waals surface area contributed by atoms with Gasteiger partial charge in [-0.2, -0.15) is 5.10 Å². The number of rotatable bonds is 4. The van der Waals surface area contributed by atoms with E-state index in [4.69, 9.17) is 9.15 Å². The van der Waals surface area contributed by atoms with Crippen molar-refractivity contribution in [1.29, 1.82) is 0 Å². The minimum absolute atomic E-state index is 0.226. The molecule has 3 aromatic rings. The van der Waals surface area contributed by atoms with Crippen molar-refractivity contribution >= 4 is 0 Å². The van der Waals surface area contributed by atoms with E-state index < -0.39 is 16.7 Å². The van der Waals surface area contributed by atoms with E-state index in [-0.39, 0.29) is 13.2 Å². The van der Waals surface area contributed by atoms with E-state index in [0.717, 1.165) is 30.6 Å². The molecule has 1 atom stereocenters. The van der Waals surface area contributed by atoms with Crippen molar-refractivity contribution in [3.63, 3.8) is 0 Å². The van der Waals surface area contributed by atoms with Crippen LogP contribution in [-0.2, 0) is 31.0 Å². The molecule has 0 bridgehead atoms. The standard InChI is InChI=1S/C21H22N4O4/c26-19-20(27)25(11-16-4-2-1-3-5-16)22-18-13-29-21(15-24(18)19)7-8-23(14-21)10-17-6-9-28-12-17/h1-6,9,12H,7-8,10-11,13-15H2/t21-/m0/s1. The maximum atomic E-state index is 12.8. The molecule has 0 N–H and O–H groups in total. The molecule has 1 saturated heterocycles. The van der Waals surface area contributed by atoms with Gasteiger partial charge in [0.2, 0.25) is 0 Å². The number of furan rings is 1. The van der Waals surface area contributed by atoms with E-state index in [9.17, 15) is 9.59 Å². The topological polar surface area (TPSA) is 82.5 Å². The third-order valence-electron chi connectivity index (χ3n) is 5.72. The Morgan fingerprint density at radius 2 is 1.86 bits per heavy atom. The van der Waals surface area contributed by atoms with E-state index in [1.165, 1.54) is 9.25 Å². The van der Waals surface area contributed by atoms with E-state index in [0.29, 0.717) is 18.9 Å². The van der Waals surface area contributed by atoms with Crippen molar-refractivity contribution in [1.82, 2.24) is 19.2 Å². The summed E-state index contributed by atoms with van der Waals surface area (Å²) in [4.78, 5) is 27.7. The fourth-order valence-electron chi connectivity index (χ4n) is 4.22. The Labute approximate surface area is 166 Å². The summed E-state index contributed by atoms with van der Waals surface area (Å²) in [7, 11) is 0. The molecule has 0 radical (unpaired) electrons. The number of hydrogen-bond donors (Lipinski definition) is 0. The van der Waals surface area contributed by atoms with Crippen LogP contribution in [0.1, 0.15) is 23.4 Å². The van der Waals surface area contributed by atoms with E-state index in [1.54, 1.807) is 12.5 Å². The zero-order valence-electron chi connectivity index (χ0n) is 16.0. The third kappa shape index (κ3) is 3.45. The van der Waals surface area contributed by atoms with Crippen LogP contribution in [0.4, 0.5) is 0 Å². The average Bonchev–Trinajstić information content (AvgIpc) is 3.38. The molecule has 0 amide bonds. The maximum Gasteiger partial charge on any atom is 0.332 e. The van der Waals surface area contributed by atoms with Crippen LogP contribution < -0.4 is 11.1 Å². The molecule has 8 nitrogen and oxygen atoms in total. The Morgan fingerprint density at radius 3 is 2.66 bits per heavy atom. The Kier molecular flexibility index (Phi) is 4.44. The van der Waals surface area contributed by atoms with Gasteiger partial charge in [-0.3, -0.25) is 19.1 Å². The minimum atomic E-state index is -0.595. The smallest absolute Gasteiger partial charge is 0.332 e. The van der Waals surface area contributed by atoms with Crippen LogP contribution in [0.25, 0.3) is 0 Å². The molecule has 1 fully saturated rings. The number of benzene rings is 1. The highest BCUT2D eigenvalue weighted by Gasteiger charge is 2.43. The second-order valence-electron chi connectivity index (χ2n) is 7.82. The van der Waals surface area contributed by atoms with Crippen LogP contribution in [0, 0.1) is 0 Å². The highest BCUT2D eigenvalue weighted by molar-refractivity contribution is 5.15. The molecular formula is C21H22N4O4. The van der Waals surface area contributed by atoms with Gasteiger partial charge in [0.05, 0.1) is 25.6 Å². The van der Waals surface area contributed by atoms with Crippen LogP contribution in [0.2, 0.25) is 0 Å². The molecule has 1 spiro atoms. The lowest BCUT2D eigenvalue weighted by Crippen LogP contribution is -2.53. The molecule has 0 unspecified atom stereocenters. The molecule has 29 heavy (non-hydrogen) atoms. The molecule has 2 aliphatic heterocycles. The maximum absolute atomic E-state index is 12.8. The number of likely N-dealkylation sites (tertiary alicyclic amines) is 1. The summed E-state index contributed by atoms with van der Waals surface area (Å²) in [6.45, 7) is 3.21. The van der Waals surface area contributed by atoms with Crippen molar-refractivity contribution in [3.05, 3.63) is 86.6 Å². The second kappa shape index (κ2) is 7.13. The first-order valence-corrected chi connectivity index (χ1v) is 9.74. The first-order chi connectivity index (χ1) is 14.1. The van der Waals surface area contributed by atoms with Gasteiger partial charge in [0.1, 0.15) is 12.2 Å². The molecule has 2 aromatic heterocycles. The van der Waals surface area contributed by atoms with Crippen molar-refractivity contribution in [2.45, 2.75) is 38.3 Å². The van der Waals surface area contributed by atoms with E-state index in [2.05, 4.69) is 10.00 Å². The Hall–Kier alpha value is -2.97. The summed E-state index contributed by atoms with van der Waals surface area (Å²) in [5.74, 6) is 0.504. The summed E-state index contributed by atoms with van der Waals surface area (Å²) in [6.07, 6.45) is 4.22. The number of nitrogens with zero attached hydrogens (tertiary/aromatic N) is 4. The van der Waals surface area contributed by atoms with Crippen molar-refractivity contribution in [2.75, 3.05) is 13.1 Å². The molecule has 0 saturated carbocycles. The summed E-state index contributed by atoms with van der Waals surface area (Å²) >= 11 is 0. The molecule has 0 aliphatic carbocycles. The lowest BCUT2D eigenvalue weighted by atomic mass is 10.0. The second-order valence-corrected chi connectivity index (χ2v) is 7.82. The van der Waals surface area contributed by atoms with Gasteiger partial charge >= 0.3 is 11.1 Å². The number of fused-ring (bicyclic) bond motifs is 1.